The maximum Gasteiger partial charge on any atom is 0.161 e. The first-order valence-electron chi connectivity index (χ1n) is 5.65. The summed E-state index contributed by atoms with van der Waals surface area (Å²) in [6, 6.07) is 4.71. The minimum absolute atomic E-state index is 0.146. The lowest BCUT2D eigenvalue weighted by Crippen LogP contribution is -2.09. The minimum atomic E-state index is -0.404. The summed E-state index contributed by atoms with van der Waals surface area (Å²) in [4.78, 5) is 4.44. The van der Waals surface area contributed by atoms with E-state index in [1.807, 2.05) is 0 Å². The second-order valence-electron chi connectivity index (χ2n) is 4.39. The SMILES string of the molecule is Fc1cc(NC2=NCC(C3CC3)S2)ccc1Cl. The third kappa shape index (κ3) is 2.58. The van der Waals surface area contributed by atoms with Crippen molar-refractivity contribution in [2.45, 2.75) is 18.1 Å². The fraction of sp³-hybridized carbons (Fsp3) is 0.417. The molecule has 0 radical (unpaired) electrons. The number of hydrogen-bond acceptors (Lipinski definition) is 3. The molecule has 1 atom stereocenters. The molecule has 1 saturated carbocycles. The maximum atomic E-state index is 13.2. The number of thioether (sulfide) groups is 1. The van der Waals surface area contributed by atoms with Crippen LogP contribution in [0.1, 0.15) is 12.8 Å². The maximum absolute atomic E-state index is 13.2. The van der Waals surface area contributed by atoms with Gasteiger partial charge in [-0.15, -0.1) is 0 Å². The van der Waals surface area contributed by atoms with Crippen LogP contribution in [0.5, 0.6) is 0 Å². The Bertz CT molecular complexity index is 474. The van der Waals surface area contributed by atoms with Crippen molar-refractivity contribution in [3.05, 3.63) is 29.0 Å². The quantitative estimate of drug-likeness (QED) is 0.885. The molecule has 1 N–H and O–H groups in total. The van der Waals surface area contributed by atoms with Gasteiger partial charge in [-0.1, -0.05) is 23.4 Å². The molecule has 0 bridgehead atoms. The summed E-state index contributed by atoms with van der Waals surface area (Å²) >= 11 is 7.40. The third-order valence-corrected chi connectivity index (χ3v) is 4.59. The number of aliphatic imine (C=N–C) groups is 1. The Balaban J connectivity index is 1.64. The number of nitrogens with zero attached hydrogens (tertiary/aromatic N) is 1. The van der Waals surface area contributed by atoms with Crippen LogP contribution >= 0.6 is 23.4 Å². The van der Waals surface area contributed by atoms with E-state index in [1.165, 1.54) is 18.9 Å². The Morgan fingerprint density at radius 2 is 2.24 bits per heavy atom. The molecule has 0 amide bonds. The van der Waals surface area contributed by atoms with E-state index in [9.17, 15) is 4.39 Å². The Labute approximate surface area is 109 Å². The molecule has 1 aliphatic carbocycles. The van der Waals surface area contributed by atoms with Gasteiger partial charge in [0, 0.05) is 10.9 Å². The predicted octanol–water partition coefficient (Wildman–Crippen LogP) is 3.77. The Morgan fingerprint density at radius 1 is 1.41 bits per heavy atom. The molecule has 17 heavy (non-hydrogen) atoms. The van der Waals surface area contributed by atoms with E-state index < -0.39 is 5.82 Å². The molecule has 2 aliphatic rings. The van der Waals surface area contributed by atoms with Crippen LogP contribution < -0.4 is 5.32 Å². The molecule has 5 heteroatoms. The highest BCUT2D eigenvalue weighted by molar-refractivity contribution is 8.15. The van der Waals surface area contributed by atoms with Gasteiger partial charge in [0.1, 0.15) is 5.82 Å². The standard InChI is InChI=1S/C12H12ClFN2S/c13-9-4-3-8(5-10(9)14)16-12-15-6-11(17-12)7-1-2-7/h3-5,7,11H,1-2,6H2,(H,15,16). The van der Waals surface area contributed by atoms with Crippen LogP contribution in [0.4, 0.5) is 10.1 Å². The first-order valence-corrected chi connectivity index (χ1v) is 6.91. The van der Waals surface area contributed by atoms with E-state index in [1.54, 1.807) is 23.9 Å². The lowest BCUT2D eigenvalue weighted by atomic mass is 10.3. The Kier molecular flexibility index (Phi) is 3.01. The average molecular weight is 271 g/mol. The summed E-state index contributed by atoms with van der Waals surface area (Å²) in [6.07, 6.45) is 2.66. The van der Waals surface area contributed by atoms with Crippen LogP contribution in [-0.4, -0.2) is 17.0 Å². The van der Waals surface area contributed by atoms with E-state index in [0.29, 0.717) is 10.9 Å². The van der Waals surface area contributed by atoms with Gasteiger partial charge in [0.25, 0.3) is 0 Å². The van der Waals surface area contributed by atoms with Crippen molar-refractivity contribution < 1.29 is 4.39 Å². The van der Waals surface area contributed by atoms with Crippen molar-refractivity contribution in [2.24, 2.45) is 10.9 Å². The van der Waals surface area contributed by atoms with E-state index in [2.05, 4.69) is 10.3 Å². The van der Waals surface area contributed by atoms with Crippen molar-refractivity contribution >= 4 is 34.2 Å². The molecule has 0 aromatic heterocycles. The number of amidine groups is 1. The van der Waals surface area contributed by atoms with E-state index in [4.69, 9.17) is 11.6 Å². The van der Waals surface area contributed by atoms with Gasteiger partial charge in [-0.3, -0.25) is 4.99 Å². The van der Waals surface area contributed by atoms with Crippen LogP contribution in [0.2, 0.25) is 5.02 Å². The monoisotopic (exact) mass is 270 g/mol. The van der Waals surface area contributed by atoms with Crippen LogP contribution in [0.25, 0.3) is 0 Å². The van der Waals surface area contributed by atoms with Crippen LogP contribution in [0.15, 0.2) is 23.2 Å². The fourth-order valence-electron chi connectivity index (χ4n) is 1.87. The molecule has 1 heterocycles. The van der Waals surface area contributed by atoms with E-state index >= 15 is 0 Å². The van der Waals surface area contributed by atoms with E-state index in [-0.39, 0.29) is 5.02 Å². The molecular formula is C12H12ClFN2S. The molecule has 2 nitrogen and oxygen atoms in total. The Morgan fingerprint density at radius 3 is 2.94 bits per heavy atom. The summed E-state index contributed by atoms with van der Waals surface area (Å²) in [6.45, 7) is 0.883. The van der Waals surface area contributed by atoms with Gasteiger partial charge in [-0.05, 0) is 37.0 Å². The highest BCUT2D eigenvalue weighted by Crippen LogP contribution is 2.41. The van der Waals surface area contributed by atoms with Gasteiger partial charge in [0.2, 0.25) is 0 Å². The van der Waals surface area contributed by atoms with Gasteiger partial charge < -0.3 is 5.32 Å². The normalized spacial score (nSPS) is 23.6. The average Bonchev–Trinajstić information content (AvgIpc) is 3.06. The lowest BCUT2D eigenvalue weighted by molar-refractivity contribution is 0.629. The zero-order valence-electron chi connectivity index (χ0n) is 9.12. The molecule has 3 rings (SSSR count). The zero-order valence-corrected chi connectivity index (χ0v) is 10.7. The number of anilines is 1. The van der Waals surface area contributed by atoms with Crippen LogP contribution in [0, 0.1) is 11.7 Å². The number of nitrogens with one attached hydrogen (secondary N) is 1. The third-order valence-electron chi connectivity index (χ3n) is 3.00. The highest BCUT2D eigenvalue weighted by atomic mass is 35.5. The summed E-state index contributed by atoms with van der Waals surface area (Å²) in [7, 11) is 0. The molecule has 1 aromatic rings. The molecule has 1 unspecified atom stereocenters. The van der Waals surface area contributed by atoms with Crippen molar-refractivity contribution in [3.63, 3.8) is 0 Å². The molecule has 1 aromatic carbocycles. The summed E-state index contributed by atoms with van der Waals surface area (Å²) in [5.74, 6) is 0.434. The Hall–Kier alpha value is -0.740. The van der Waals surface area contributed by atoms with Crippen molar-refractivity contribution in [1.82, 2.24) is 0 Å². The first kappa shape index (κ1) is 11.4. The number of benzene rings is 1. The van der Waals surface area contributed by atoms with Gasteiger partial charge in [0.05, 0.1) is 11.6 Å². The van der Waals surface area contributed by atoms with Crippen molar-refractivity contribution in [2.75, 3.05) is 11.9 Å². The van der Waals surface area contributed by atoms with Crippen LogP contribution in [0.3, 0.4) is 0 Å². The van der Waals surface area contributed by atoms with Crippen LogP contribution in [-0.2, 0) is 0 Å². The smallest absolute Gasteiger partial charge is 0.161 e. The molecular weight excluding hydrogens is 259 g/mol. The van der Waals surface area contributed by atoms with E-state index in [0.717, 1.165) is 17.6 Å². The molecule has 90 valence electrons. The summed E-state index contributed by atoms with van der Waals surface area (Å²) < 4.78 is 13.2. The largest absolute Gasteiger partial charge is 0.335 e. The second-order valence-corrected chi connectivity index (χ2v) is 6.03. The number of rotatable bonds is 2. The molecule has 1 fully saturated rings. The topological polar surface area (TPSA) is 24.4 Å². The van der Waals surface area contributed by atoms with Gasteiger partial charge >= 0.3 is 0 Å². The predicted molar refractivity (Wildman–Crippen MR) is 71.4 cm³/mol. The van der Waals surface area contributed by atoms with Crippen molar-refractivity contribution in [3.8, 4) is 0 Å². The minimum Gasteiger partial charge on any atom is -0.335 e. The molecule has 0 saturated heterocycles. The fourth-order valence-corrected chi connectivity index (χ4v) is 3.21. The van der Waals surface area contributed by atoms with Crippen molar-refractivity contribution in [1.29, 1.82) is 0 Å². The lowest BCUT2D eigenvalue weighted by Gasteiger charge is -2.08. The molecule has 0 spiro atoms. The number of halogens is 2. The first-order chi connectivity index (χ1) is 8.22. The number of hydrogen-bond donors (Lipinski definition) is 1. The molecule has 1 aliphatic heterocycles. The second kappa shape index (κ2) is 4.50. The summed E-state index contributed by atoms with van der Waals surface area (Å²) in [5, 5.41) is 4.79. The van der Waals surface area contributed by atoms with Gasteiger partial charge in [-0.25, -0.2) is 4.39 Å². The zero-order chi connectivity index (χ0) is 11.8. The van der Waals surface area contributed by atoms with Gasteiger partial charge in [-0.2, -0.15) is 0 Å². The highest BCUT2D eigenvalue weighted by Gasteiger charge is 2.35. The summed E-state index contributed by atoms with van der Waals surface area (Å²) in [5.41, 5.74) is 0.703. The van der Waals surface area contributed by atoms with Gasteiger partial charge in [0.15, 0.2) is 5.17 Å².